The normalized spacial score (nSPS) is 23.7. The van der Waals surface area contributed by atoms with Crippen LogP contribution < -0.4 is 10.2 Å². The van der Waals surface area contributed by atoms with Gasteiger partial charge in [-0.3, -0.25) is 14.5 Å². The molecule has 1 heterocycles. The van der Waals surface area contributed by atoms with Gasteiger partial charge in [0.1, 0.15) is 5.54 Å². The predicted molar refractivity (Wildman–Crippen MR) is 122 cm³/mol. The van der Waals surface area contributed by atoms with Gasteiger partial charge in [-0.25, -0.2) is 8.42 Å². The van der Waals surface area contributed by atoms with E-state index in [1.54, 1.807) is 13.8 Å². The average molecular weight is 450 g/mol. The van der Waals surface area contributed by atoms with Crippen LogP contribution in [0.25, 0.3) is 0 Å². The number of hydrogen-bond acceptors (Lipinski definition) is 4. The standard InChI is InChI=1S/C23H35N3O4S/c1-5-13-31(29,30)25-15-21(27)26(20-12-11-17(2)18(3)14-20)23(4,16-25)22(28)24-19-9-7-6-8-10-19/h11-12,14,19H,5-10,13,15-16H2,1-4H3,(H,24,28). The Balaban J connectivity index is 1.99. The Bertz CT molecular complexity index is 940. The summed E-state index contributed by atoms with van der Waals surface area (Å²) < 4.78 is 26.8. The molecule has 1 atom stereocenters. The van der Waals surface area contributed by atoms with Gasteiger partial charge in [0.2, 0.25) is 21.8 Å². The molecule has 172 valence electrons. The fourth-order valence-corrected chi connectivity index (χ4v) is 6.13. The Kier molecular flexibility index (Phi) is 7.11. The second-order valence-corrected chi connectivity index (χ2v) is 11.3. The van der Waals surface area contributed by atoms with Crippen LogP contribution in [0.15, 0.2) is 18.2 Å². The number of piperazine rings is 1. The maximum Gasteiger partial charge on any atom is 0.247 e. The van der Waals surface area contributed by atoms with Crippen molar-refractivity contribution in [1.82, 2.24) is 9.62 Å². The smallest absolute Gasteiger partial charge is 0.247 e. The fourth-order valence-electron chi connectivity index (χ4n) is 4.61. The molecular formula is C23H35N3O4S. The number of nitrogens with one attached hydrogen (secondary N) is 1. The molecule has 1 saturated carbocycles. The van der Waals surface area contributed by atoms with Crippen molar-refractivity contribution in [3.05, 3.63) is 29.3 Å². The zero-order valence-corrected chi connectivity index (χ0v) is 19.9. The van der Waals surface area contributed by atoms with E-state index >= 15 is 0 Å². The minimum Gasteiger partial charge on any atom is -0.351 e. The van der Waals surface area contributed by atoms with Crippen LogP contribution in [0.1, 0.15) is 63.5 Å². The van der Waals surface area contributed by atoms with Crippen molar-refractivity contribution in [2.45, 2.75) is 77.8 Å². The highest BCUT2D eigenvalue weighted by atomic mass is 32.2. The summed E-state index contributed by atoms with van der Waals surface area (Å²) in [6, 6.07) is 5.73. The highest BCUT2D eigenvalue weighted by Gasteiger charge is 2.51. The summed E-state index contributed by atoms with van der Waals surface area (Å²) in [5.74, 6) is -0.706. The first-order valence-electron chi connectivity index (χ1n) is 11.3. The van der Waals surface area contributed by atoms with E-state index < -0.39 is 15.6 Å². The highest BCUT2D eigenvalue weighted by Crippen LogP contribution is 2.32. The lowest BCUT2D eigenvalue weighted by atomic mass is 9.91. The van der Waals surface area contributed by atoms with Crippen LogP contribution in [-0.2, 0) is 19.6 Å². The lowest BCUT2D eigenvalue weighted by molar-refractivity contribution is -0.133. The summed E-state index contributed by atoms with van der Waals surface area (Å²) in [7, 11) is -3.62. The zero-order valence-electron chi connectivity index (χ0n) is 19.1. The van der Waals surface area contributed by atoms with E-state index in [4.69, 9.17) is 0 Å². The van der Waals surface area contributed by atoms with Crippen LogP contribution in [-0.4, -0.2) is 55.0 Å². The molecule has 2 amide bonds. The van der Waals surface area contributed by atoms with Gasteiger partial charge >= 0.3 is 0 Å². The van der Waals surface area contributed by atoms with Crippen molar-refractivity contribution in [1.29, 1.82) is 0 Å². The molecule has 3 rings (SSSR count). The third kappa shape index (κ3) is 4.95. The van der Waals surface area contributed by atoms with Crippen molar-refractivity contribution in [2.24, 2.45) is 0 Å². The average Bonchev–Trinajstić information content (AvgIpc) is 2.71. The number of carbonyl (C=O) groups excluding carboxylic acids is 2. The van der Waals surface area contributed by atoms with Gasteiger partial charge in [-0.2, -0.15) is 4.31 Å². The Hall–Kier alpha value is -1.93. The first kappa shape index (κ1) is 23.7. The van der Waals surface area contributed by atoms with E-state index in [1.165, 1.54) is 15.6 Å². The van der Waals surface area contributed by atoms with Crippen molar-refractivity contribution >= 4 is 27.5 Å². The Morgan fingerprint density at radius 3 is 2.45 bits per heavy atom. The Morgan fingerprint density at radius 1 is 1.16 bits per heavy atom. The minimum atomic E-state index is -3.62. The molecule has 0 bridgehead atoms. The third-order valence-corrected chi connectivity index (χ3v) is 8.54. The van der Waals surface area contributed by atoms with Gasteiger partial charge in [0, 0.05) is 18.3 Å². The SMILES string of the molecule is CCCS(=O)(=O)N1CC(=O)N(c2ccc(C)c(C)c2)C(C)(C(=O)NC2CCCCC2)C1. The number of carbonyl (C=O) groups is 2. The van der Waals surface area contributed by atoms with Gasteiger partial charge in [-0.1, -0.05) is 32.3 Å². The quantitative estimate of drug-likeness (QED) is 0.723. The van der Waals surface area contributed by atoms with Crippen molar-refractivity contribution < 1.29 is 18.0 Å². The summed E-state index contributed by atoms with van der Waals surface area (Å²) in [4.78, 5) is 28.4. The molecule has 1 unspecified atom stereocenters. The second-order valence-electron chi connectivity index (χ2n) is 9.16. The number of hydrogen-bond donors (Lipinski definition) is 1. The summed E-state index contributed by atoms with van der Waals surface area (Å²) in [6.45, 7) is 7.13. The molecule has 1 aliphatic carbocycles. The molecule has 0 spiro atoms. The van der Waals surface area contributed by atoms with Gasteiger partial charge in [0.25, 0.3) is 0 Å². The Morgan fingerprint density at radius 2 is 1.84 bits per heavy atom. The van der Waals surface area contributed by atoms with Crippen molar-refractivity contribution in [3.63, 3.8) is 0 Å². The van der Waals surface area contributed by atoms with Crippen molar-refractivity contribution in [2.75, 3.05) is 23.7 Å². The molecule has 1 aromatic carbocycles. The topological polar surface area (TPSA) is 86.8 Å². The van der Waals surface area contributed by atoms with E-state index in [0.717, 1.165) is 36.8 Å². The lowest BCUT2D eigenvalue weighted by Gasteiger charge is -2.47. The molecule has 1 saturated heterocycles. The molecular weight excluding hydrogens is 414 g/mol. The van der Waals surface area contributed by atoms with E-state index in [-0.39, 0.29) is 36.7 Å². The fraction of sp³-hybridized carbons (Fsp3) is 0.652. The Labute approximate surface area is 186 Å². The van der Waals surface area contributed by atoms with Crippen LogP contribution in [0, 0.1) is 13.8 Å². The summed E-state index contributed by atoms with van der Waals surface area (Å²) in [5.41, 5.74) is 1.41. The zero-order chi connectivity index (χ0) is 22.8. The number of rotatable bonds is 6. The minimum absolute atomic E-state index is 0.0375. The van der Waals surface area contributed by atoms with Crippen LogP contribution in [0.4, 0.5) is 5.69 Å². The number of aryl methyl sites for hydroxylation is 2. The lowest BCUT2D eigenvalue weighted by Crippen LogP contribution is -2.71. The third-order valence-electron chi connectivity index (χ3n) is 6.57. The summed E-state index contributed by atoms with van der Waals surface area (Å²) in [5, 5.41) is 3.13. The number of benzene rings is 1. The first-order chi connectivity index (χ1) is 14.6. The molecule has 1 aliphatic heterocycles. The molecule has 8 heteroatoms. The van der Waals surface area contributed by atoms with Crippen LogP contribution in [0.5, 0.6) is 0 Å². The van der Waals surface area contributed by atoms with Crippen LogP contribution in [0.2, 0.25) is 0 Å². The van der Waals surface area contributed by atoms with Gasteiger partial charge in [-0.05, 0) is 63.3 Å². The number of anilines is 1. The van der Waals surface area contributed by atoms with Gasteiger partial charge in [0.05, 0.1) is 12.3 Å². The molecule has 7 nitrogen and oxygen atoms in total. The second kappa shape index (κ2) is 9.28. The largest absolute Gasteiger partial charge is 0.351 e. The van der Waals surface area contributed by atoms with E-state index in [2.05, 4.69) is 5.32 Å². The summed E-state index contributed by atoms with van der Waals surface area (Å²) >= 11 is 0. The maximum atomic E-state index is 13.6. The first-order valence-corrected chi connectivity index (χ1v) is 12.9. The number of nitrogens with zero attached hydrogens (tertiary/aromatic N) is 2. The molecule has 31 heavy (non-hydrogen) atoms. The number of sulfonamides is 1. The molecule has 0 aromatic heterocycles. The summed E-state index contributed by atoms with van der Waals surface area (Å²) in [6.07, 6.45) is 5.59. The van der Waals surface area contributed by atoms with E-state index in [9.17, 15) is 18.0 Å². The van der Waals surface area contributed by atoms with E-state index in [0.29, 0.717) is 12.1 Å². The maximum absolute atomic E-state index is 13.6. The predicted octanol–water partition coefficient (Wildman–Crippen LogP) is 2.90. The van der Waals surface area contributed by atoms with Crippen LogP contribution >= 0.6 is 0 Å². The molecule has 0 radical (unpaired) electrons. The van der Waals surface area contributed by atoms with Gasteiger partial charge in [0.15, 0.2) is 0 Å². The van der Waals surface area contributed by atoms with Gasteiger partial charge < -0.3 is 5.32 Å². The van der Waals surface area contributed by atoms with Gasteiger partial charge in [-0.15, -0.1) is 0 Å². The molecule has 2 aliphatic rings. The number of amides is 2. The monoisotopic (exact) mass is 449 g/mol. The molecule has 1 aromatic rings. The molecule has 2 fully saturated rings. The van der Waals surface area contributed by atoms with E-state index in [1.807, 2.05) is 32.0 Å². The highest BCUT2D eigenvalue weighted by molar-refractivity contribution is 7.89. The van der Waals surface area contributed by atoms with Crippen molar-refractivity contribution in [3.8, 4) is 0 Å². The van der Waals surface area contributed by atoms with Crippen LogP contribution in [0.3, 0.4) is 0 Å². The molecule has 1 N–H and O–H groups in total.